The Morgan fingerprint density at radius 2 is 1.63 bits per heavy atom. The molecule has 3 rings (SSSR count). The Kier molecular flexibility index (Phi) is 6.97. The Hall–Kier alpha value is -3.03. The van der Waals surface area contributed by atoms with E-state index in [0.717, 1.165) is 11.8 Å². The van der Waals surface area contributed by atoms with Crippen LogP contribution in [0.5, 0.6) is 5.75 Å². The van der Waals surface area contributed by atoms with Crippen molar-refractivity contribution in [3.8, 4) is 5.75 Å². The molecule has 0 saturated carbocycles. The molecule has 0 radical (unpaired) electrons. The van der Waals surface area contributed by atoms with Crippen LogP contribution < -0.4 is 14.8 Å². The molecule has 0 bridgehead atoms. The standard InChI is InChI=1S/C22H21ClN2O4S/c1-30(27,28)25-20-8-4-2-6-17(20)14-24-22(26)19-7-3-5-9-21(19)29-15-16-10-12-18(23)13-11-16/h2-13,25H,14-15H2,1H3,(H,24,26). The average molecular weight is 445 g/mol. The molecule has 1 amide bonds. The summed E-state index contributed by atoms with van der Waals surface area (Å²) < 4.78 is 31.4. The molecule has 0 saturated heterocycles. The molecule has 2 N–H and O–H groups in total. The lowest BCUT2D eigenvalue weighted by atomic mass is 10.1. The first-order valence-corrected chi connectivity index (χ1v) is 11.4. The number of carbonyl (C=O) groups is 1. The number of carbonyl (C=O) groups excluding carboxylic acids is 1. The zero-order valence-electron chi connectivity index (χ0n) is 16.3. The summed E-state index contributed by atoms with van der Waals surface area (Å²) in [5, 5.41) is 3.46. The molecule has 0 fully saturated rings. The lowest BCUT2D eigenvalue weighted by molar-refractivity contribution is 0.0946. The number of benzene rings is 3. The summed E-state index contributed by atoms with van der Waals surface area (Å²) in [5.74, 6) is 0.128. The van der Waals surface area contributed by atoms with Crippen LogP contribution in [-0.4, -0.2) is 20.6 Å². The second kappa shape index (κ2) is 9.65. The summed E-state index contributed by atoms with van der Waals surface area (Å²) in [6.45, 7) is 0.450. The number of hydrogen-bond donors (Lipinski definition) is 2. The van der Waals surface area contributed by atoms with Crippen LogP contribution in [-0.2, 0) is 23.2 Å². The maximum atomic E-state index is 12.7. The molecule has 30 heavy (non-hydrogen) atoms. The van der Waals surface area contributed by atoms with E-state index in [9.17, 15) is 13.2 Å². The summed E-state index contributed by atoms with van der Waals surface area (Å²) in [6.07, 6.45) is 1.08. The molecule has 0 aliphatic heterocycles. The number of sulfonamides is 1. The van der Waals surface area contributed by atoms with E-state index >= 15 is 0 Å². The first-order valence-electron chi connectivity index (χ1n) is 9.12. The number of halogens is 1. The van der Waals surface area contributed by atoms with E-state index in [2.05, 4.69) is 10.0 Å². The minimum atomic E-state index is -3.42. The van der Waals surface area contributed by atoms with Gasteiger partial charge in [-0.15, -0.1) is 0 Å². The highest BCUT2D eigenvalue weighted by Gasteiger charge is 2.14. The van der Waals surface area contributed by atoms with Gasteiger partial charge >= 0.3 is 0 Å². The van der Waals surface area contributed by atoms with E-state index in [1.54, 1.807) is 60.7 Å². The quantitative estimate of drug-likeness (QED) is 0.544. The van der Waals surface area contributed by atoms with Crippen molar-refractivity contribution in [1.29, 1.82) is 0 Å². The van der Waals surface area contributed by atoms with Crippen molar-refractivity contribution in [2.24, 2.45) is 0 Å². The summed E-state index contributed by atoms with van der Waals surface area (Å²) in [4.78, 5) is 12.7. The molecule has 0 aliphatic carbocycles. The topological polar surface area (TPSA) is 84.5 Å². The Morgan fingerprint density at radius 1 is 0.967 bits per heavy atom. The number of rotatable bonds is 8. The van der Waals surface area contributed by atoms with Crippen LogP contribution in [0.1, 0.15) is 21.5 Å². The van der Waals surface area contributed by atoms with Crippen LogP contribution in [0.15, 0.2) is 72.8 Å². The lowest BCUT2D eigenvalue weighted by Gasteiger charge is -2.14. The van der Waals surface area contributed by atoms with Gasteiger partial charge in [0.1, 0.15) is 12.4 Å². The van der Waals surface area contributed by atoms with Gasteiger partial charge in [0.15, 0.2) is 0 Å². The van der Waals surface area contributed by atoms with E-state index in [1.807, 2.05) is 12.1 Å². The molecule has 156 valence electrons. The molecule has 0 heterocycles. The van der Waals surface area contributed by atoms with Gasteiger partial charge in [0.25, 0.3) is 5.91 Å². The highest BCUT2D eigenvalue weighted by atomic mass is 35.5. The molecule has 3 aromatic carbocycles. The van der Waals surface area contributed by atoms with Crippen molar-refractivity contribution < 1.29 is 17.9 Å². The van der Waals surface area contributed by atoms with E-state index in [4.69, 9.17) is 16.3 Å². The van der Waals surface area contributed by atoms with Crippen molar-refractivity contribution in [2.75, 3.05) is 11.0 Å². The van der Waals surface area contributed by atoms with Crippen LogP contribution in [0.4, 0.5) is 5.69 Å². The summed E-state index contributed by atoms with van der Waals surface area (Å²) >= 11 is 5.90. The number of hydrogen-bond acceptors (Lipinski definition) is 4. The van der Waals surface area contributed by atoms with Crippen molar-refractivity contribution in [3.63, 3.8) is 0 Å². The van der Waals surface area contributed by atoms with E-state index in [-0.39, 0.29) is 12.5 Å². The van der Waals surface area contributed by atoms with Crippen LogP contribution in [0.25, 0.3) is 0 Å². The van der Waals surface area contributed by atoms with Gasteiger partial charge in [0.2, 0.25) is 10.0 Å². The molecular weight excluding hydrogens is 424 g/mol. The predicted molar refractivity (Wildman–Crippen MR) is 118 cm³/mol. The zero-order valence-corrected chi connectivity index (χ0v) is 17.8. The van der Waals surface area contributed by atoms with E-state index < -0.39 is 10.0 Å². The zero-order chi connectivity index (χ0) is 21.6. The van der Waals surface area contributed by atoms with Gasteiger partial charge in [-0.3, -0.25) is 9.52 Å². The molecule has 0 aliphatic rings. The van der Waals surface area contributed by atoms with Crippen molar-refractivity contribution >= 4 is 33.2 Å². The first-order chi connectivity index (χ1) is 14.3. The number of amides is 1. The monoisotopic (exact) mass is 444 g/mol. The molecule has 6 nitrogen and oxygen atoms in total. The molecule has 8 heteroatoms. The third-order valence-corrected chi connectivity index (χ3v) is 5.03. The smallest absolute Gasteiger partial charge is 0.255 e. The maximum Gasteiger partial charge on any atom is 0.255 e. The van der Waals surface area contributed by atoms with Crippen molar-refractivity contribution in [2.45, 2.75) is 13.2 Å². The Labute approximate surface area is 180 Å². The molecule has 0 aromatic heterocycles. The third-order valence-electron chi connectivity index (χ3n) is 4.19. The van der Waals surface area contributed by atoms with Gasteiger partial charge < -0.3 is 10.1 Å². The Balaban J connectivity index is 1.69. The largest absolute Gasteiger partial charge is 0.488 e. The van der Waals surface area contributed by atoms with Crippen LogP contribution in [0.2, 0.25) is 5.02 Å². The highest BCUT2D eigenvalue weighted by molar-refractivity contribution is 7.92. The van der Waals surface area contributed by atoms with Crippen molar-refractivity contribution in [1.82, 2.24) is 5.32 Å². The molecule has 3 aromatic rings. The minimum absolute atomic E-state index is 0.156. The second-order valence-corrected chi connectivity index (χ2v) is 8.81. The maximum absolute atomic E-state index is 12.7. The van der Waals surface area contributed by atoms with Gasteiger partial charge in [0.05, 0.1) is 17.5 Å². The Bertz CT molecular complexity index is 1130. The predicted octanol–water partition coefficient (Wildman–Crippen LogP) is 4.22. The van der Waals surface area contributed by atoms with Crippen LogP contribution in [0.3, 0.4) is 0 Å². The first kappa shape index (κ1) is 21.7. The van der Waals surface area contributed by atoms with Crippen LogP contribution >= 0.6 is 11.6 Å². The van der Waals surface area contributed by atoms with Crippen molar-refractivity contribution in [3.05, 3.63) is 94.5 Å². The fourth-order valence-electron chi connectivity index (χ4n) is 2.77. The van der Waals surface area contributed by atoms with Gasteiger partial charge in [-0.1, -0.05) is 54.1 Å². The Morgan fingerprint density at radius 3 is 2.37 bits per heavy atom. The van der Waals surface area contributed by atoms with E-state index in [0.29, 0.717) is 34.2 Å². The number of ether oxygens (including phenoxy) is 1. The molecule has 0 unspecified atom stereocenters. The lowest BCUT2D eigenvalue weighted by Crippen LogP contribution is -2.24. The average Bonchev–Trinajstić information content (AvgIpc) is 2.71. The SMILES string of the molecule is CS(=O)(=O)Nc1ccccc1CNC(=O)c1ccccc1OCc1ccc(Cl)cc1. The highest BCUT2D eigenvalue weighted by Crippen LogP contribution is 2.21. The van der Waals surface area contributed by atoms with Gasteiger partial charge in [-0.05, 0) is 41.5 Å². The van der Waals surface area contributed by atoms with Gasteiger partial charge in [-0.25, -0.2) is 8.42 Å². The van der Waals surface area contributed by atoms with Crippen LogP contribution in [0, 0.1) is 0 Å². The summed E-state index contributed by atoms with van der Waals surface area (Å²) in [7, 11) is -3.42. The third kappa shape index (κ3) is 6.23. The van der Waals surface area contributed by atoms with E-state index in [1.165, 1.54) is 0 Å². The molecule has 0 spiro atoms. The van der Waals surface area contributed by atoms with Gasteiger partial charge in [0, 0.05) is 11.6 Å². The summed E-state index contributed by atoms with van der Waals surface area (Å²) in [6, 6.07) is 21.1. The number of anilines is 1. The number of nitrogens with one attached hydrogen (secondary N) is 2. The normalized spacial score (nSPS) is 11.0. The molecular formula is C22H21ClN2O4S. The fraction of sp³-hybridized carbons (Fsp3) is 0.136. The number of para-hydroxylation sites is 2. The fourth-order valence-corrected chi connectivity index (χ4v) is 3.49. The summed E-state index contributed by atoms with van der Waals surface area (Å²) in [5.41, 5.74) is 2.39. The molecule has 0 atom stereocenters. The van der Waals surface area contributed by atoms with Gasteiger partial charge in [-0.2, -0.15) is 0 Å². The minimum Gasteiger partial charge on any atom is -0.488 e. The second-order valence-electron chi connectivity index (χ2n) is 6.63.